The van der Waals surface area contributed by atoms with Crippen LogP contribution in [0.5, 0.6) is 0 Å². The Kier molecular flexibility index (Phi) is 4.37. The fourth-order valence-electron chi connectivity index (χ4n) is 2.79. The predicted octanol–water partition coefficient (Wildman–Crippen LogP) is 5.24. The highest BCUT2D eigenvalue weighted by molar-refractivity contribution is 7.99. The van der Waals surface area contributed by atoms with Gasteiger partial charge in [0.15, 0.2) is 11.0 Å². The second kappa shape index (κ2) is 6.67. The minimum absolute atomic E-state index is 0.0727. The van der Waals surface area contributed by atoms with Gasteiger partial charge in [-0.15, -0.1) is 0 Å². The Hall–Kier alpha value is -2.08. The van der Waals surface area contributed by atoms with E-state index in [4.69, 9.17) is 9.51 Å². The first kappa shape index (κ1) is 16.4. The van der Waals surface area contributed by atoms with Gasteiger partial charge in [-0.1, -0.05) is 61.1 Å². The molecular weight excluding hydrogens is 332 g/mol. The summed E-state index contributed by atoms with van der Waals surface area (Å²) in [4.78, 5) is 9.22. The molecule has 4 rings (SSSR count). The molecule has 0 bridgehead atoms. The maximum Gasteiger partial charge on any atom is 0.239 e. The van der Waals surface area contributed by atoms with Crippen LogP contribution in [-0.2, 0) is 0 Å². The first-order chi connectivity index (χ1) is 12.1. The second-order valence-corrected chi connectivity index (χ2v) is 8.11. The van der Waals surface area contributed by atoms with Crippen molar-refractivity contribution in [1.82, 2.24) is 19.7 Å². The summed E-state index contributed by atoms with van der Waals surface area (Å²) in [7, 11) is 0. The summed E-state index contributed by atoms with van der Waals surface area (Å²) in [5.41, 5.74) is 2.40. The van der Waals surface area contributed by atoms with Crippen LogP contribution in [0.4, 0.5) is 0 Å². The first-order valence-corrected chi connectivity index (χ1v) is 9.64. The van der Waals surface area contributed by atoms with E-state index >= 15 is 0 Å². The van der Waals surface area contributed by atoms with E-state index < -0.39 is 0 Å². The molecule has 1 fully saturated rings. The number of benzene rings is 1. The summed E-state index contributed by atoms with van der Waals surface area (Å²) in [6.07, 6.45) is 4.42. The number of rotatable bonds is 6. The Labute approximate surface area is 151 Å². The highest BCUT2D eigenvalue weighted by Gasteiger charge is 2.30. The van der Waals surface area contributed by atoms with Gasteiger partial charge in [-0.2, -0.15) is 4.98 Å². The van der Waals surface area contributed by atoms with Crippen molar-refractivity contribution >= 4 is 11.8 Å². The number of hydrogen-bond acceptors (Lipinski definition) is 5. The number of aromatic nitrogens is 4. The molecule has 0 amide bonds. The average molecular weight is 354 g/mol. The molecule has 0 spiro atoms. The van der Waals surface area contributed by atoms with Gasteiger partial charge >= 0.3 is 0 Å². The fourth-order valence-corrected chi connectivity index (χ4v) is 3.78. The number of thioether (sulfide) groups is 1. The van der Waals surface area contributed by atoms with Crippen molar-refractivity contribution < 1.29 is 4.52 Å². The highest BCUT2D eigenvalue weighted by atomic mass is 32.2. The van der Waals surface area contributed by atoms with Crippen LogP contribution in [0.15, 0.2) is 46.2 Å². The molecule has 2 heterocycles. The molecule has 0 radical (unpaired) electrons. The summed E-state index contributed by atoms with van der Waals surface area (Å²) in [5, 5.41) is 5.17. The predicted molar refractivity (Wildman–Crippen MR) is 98.6 cm³/mol. The zero-order chi connectivity index (χ0) is 17.4. The molecule has 6 heteroatoms. The van der Waals surface area contributed by atoms with E-state index in [9.17, 15) is 0 Å². The van der Waals surface area contributed by atoms with Gasteiger partial charge in [0, 0.05) is 12.0 Å². The van der Waals surface area contributed by atoms with Crippen molar-refractivity contribution in [3.8, 4) is 11.3 Å². The lowest BCUT2D eigenvalue weighted by atomic mass is 10.2. The summed E-state index contributed by atoms with van der Waals surface area (Å²) in [6, 6.07) is 11.0. The molecule has 0 saturated heterocycles. The van der Waals surface area contributed by atoms with E-state index in [-0.39, 0.29) is 11.2 Å². The van der Waals surface area contributed by atoms with E-state index in [2.05, 4.69) is 59.7 Å². The molecule has 5 nitrogen and oxygen atoms in total. The average Bonchev–Trinajstić information content (AvgIpc) is 3.17. The molecule has 1 saturated carbocycles. The van der Waals surface area contributed by atoms with Crippen molar-refractivity contribution in [2.24, 2.45) is 0 Å². The van der Waals surface area contributed by atoms with Crippen LogP contribution in [-0.4, -0.2) is 19.7 Å². The van der Waals surface area contributed by atoms with Crippen LogP contribution in [0.3, 0.4) is 0 Å². The van der Waals surface area contributed by atoms with Gasteiger partial charge in [0.05, 0.1) is 17.1 Å². The third kappa shape index (κ3) is 3.35. The Morgan fingerprint density at radius 2 is 1.92 bits per heavy atom. The van der Waals surface area contributed by atoms with Crippen molar-refractivity contribution in [2.45, 2.75) is 56.0 Å². The van der Waals surface area contributed by atoms with Gasteiger partial charge in [0.2, 0.25) is 5.89 Å². The maximum absolute atomic E-state index is 5.45. The molecule has 1 aliphatic carbocycles. The van der Waals surface area contributed by atoms with E-state index in [1.807, 2.05) is 12.3 Å². The minimum atomic E-state index is 0.0727. The Morgan fingerprint density at radius 3 is 2.56 bits per heavy atom. The topological polar surface area (TPSA) is 56.7 Å². The van der Waals surface area contributed by atoms with E-state index in [1.165, 1.54) is 24.1 Å². The van der Waals surface area contributed by atoms with Gasteiger partial charge in [-0.25, -0.2) is 4.98 Å². The lowest BCUT2D eigenvalue weighted by molar-refractivity contribution is 0.373. The number of nitrogens with zero attached hydrogens (tertiary/aromatic N) is 4. The van der Waals surface area contributed by atoms with Crippen molar-refractivity contribution in [3.63, 3.8) is 0 Å². The largest absolute Gasteiger partial charge is 0.338 e. The van der Waals surface area contributed by atoms with Crippen LogP contribution >= 0.6 is 11.8 Å². The smallest absolute Gasteiger partial charge is 0.239 e. The lowest BCUT2D eigenvalue weighted by Crippen LogP contribution is -2.01. The SMILES string of the molecule is CC(C)c1noc([C@@H](C)Sc2ncc(-c3ccccc3)n2C2CC2)n1. The Bertz CT molecular complexity index is 851. The van der Waals surface area contributed by atoms with Gasteiger partial charge in [-0.3, -0.25) is 0 Å². The summed E-state index contributed by atoms with van der Waals surface area (Å²) >= 11 is 1.69. The van der Waals surface area contributed by atoms with Gasteiger partial charge in [-0.05, 0) is 25.3 Å². The molecule has 130 valence electrons. The zero-order valence-corrected chi connectivity index (χ0v) is 15.5. The Morgan fingerprint density at radius 1 is 1.16 bits per heavy atom. The van der Waals surface area contributed by atoms with Gasteiger partial charge < -0.3 is 9.09 Å². The fraction of sp³-hybridized carbons (Fsp3) is 0.421. The van der Waals surface area contributed by atoms with Crippen LogP contribution in [0, 0.1) is 0 Å². The second-order valence-electron chi connectivity index (χ2n) is 6.80. The molecule has 0 aliphatic heterocycles. The van der Waals surface area contributed by atoms with E-state index in [0.717, 1.165) is 11.0 Å². The monoisotopic (exact) mass is 354 g/mol. The number of imidazole rings is 1. The quantitative estimate of drug-likeness (QED) is 0.566. The zero-order valence-electron chi connectivity index (χ0n) is 14.7. The lowest BCUT2D eigenvalue weighted by Gasteiger charge is -2.12. The maximum atomic E-state index is 5.45. The van der Waals surface area contributed by atoms with E-state index in [1.54, 1.807) is 11.8 Å². The molecule has 0 unspecified atom stereocenters. The van der Waals surface area contributed by atoms with Crippen LogP contribution in [0.1, 0.15) is 62.5 Å². The van der Waals surface area contributed by atoms with Gasteiger partial charge in [0.25, 0.3) is 0 Å². The van der Waals surface area contributed by atoms with Crippen molar-refractivity contribution in [3.05, 3.63) is 48.2 Å². The minimum Gasteiger partial charge on any atom is -0.338 e. The normalized spacial score (nSPS) is 15.7. The molecule has 1 aliphatic rings. The van der Waals surface area contributed by atoms with Crippen molar-refractivity contribution in [1.29, 1.82) is 0 Å². The third-order valence-corrected chi connectivity index (χ3v) is 5.42. The van der Waals surface area contributed by atoms with Gasteiger partial charge in [0.1, 0.15) is 0 Å². The molecule has 2 aromatic heterocycles. The molecular formula is C19H22N4OS. The molecule has 1 atom stereocenters. The molecule has 25 heavy (non-hydrogen) atoms. The summed E-state index contributed by atoms with van der Waals surface area (Å²) in [6.45, 7) is 6.23. The van der Waals surface area contributed by atoms with Crippen LogP contribution in [0.2, 0.25) is 0 Å². The number of hydrogen-bond donors (Lipinski definition) is 0. The Balaban J connectivity index is 1.61. The first-order valence-electron chi connectivity index (χ1n) is 8.76. The molecule has 1 aromatic carbocycles. The molecule has 3 aromatic rings. The van der Waals surface area contributed by atoms with E-state index in [0.29, 0.717) is 11.9 Å². The third-order valence-electron chi connectivity index (χ3n) is 4.35. The van der Waals surface area contributed by atoms with Crippen molar-refractivity contribution in [2.75, 3.05) is 0 Å². The standard InChI is InChI=1S/C19H22N4OS/c1-12(2)17-21-18(24-22-17)13(3)25-19-20-11-16(23(19)15-9-10-15)14-7-5-4-6-8-14/h4-8,11-13,15H,9-10H2,1-3H3/t13-/m1/s1. The van der Waals surface area contributed by atoms with Crippen LogP contribution < -0.4 is 0 Å². The van der Waals surface area contributed by atoms with Crippen LogP contribution in [0.25, 0.3) is 11.3 Å². The summed E-state index contributed by atoms with van der Waals surface area (Å²) < 4.78 is 7.82. The highest BCUT2D eigenvalue weighted by Crippen LogP contribution is 2.44. The molecule has 0 N–H and O–H groups in total. The summed E-state index contributed by atoms with van der Waals surface area (Å²) in [5.74, 6) is 1.70.